The van der Waals surface area contributed by atoms with E-state index in [1.807, 2.05) is 0 Å². The highest BCUT2D eigenvalue weighted by Gasteiger charge is 2.12. The van der Waals surface area contributed by atoms with Crippen LogP contribution in [0.3, 0.4) is 0 Å². The highest BCUT2D eigenvalue weighted by Crippen LogP contribution is 2.37. The Kier molecular flexibility index (Phi) is 5.13. The quantitative estimate of drug-likeness (QED) is 0.602. The number of aromatic amines is 1. The SMILES string of the molecule is COc1cc(/C=N/Nc2nnc(C)c(=O)[nH]2)cc(OC)c1OC. The van der Waals surface area contributed by atoms with Crippen LogP contribution in [0, 0.1) is 6.92 Å². The smallest absolute Gasteiger partial charge is 0.274 e. The Morgan fingerprint density at radius 3 is 2.30 bits per heavy atom. The Labute approximate surface area is 132 Å². The van der Waals surface area contributed by atoms with Crippen molar-refractivity contribution in [2.75, 3.05) is 26.8 Å². The van der Waals surface area contributed by atoms with Gasteiger partial charge in [-0.05, 0) is 19.1 Å². The summed E-state index contributed by atoms with van der Waals surface area (Å²) < 4.78 is 15.8. The minimum absolute atomic E-state index is 0.143. The molecule has 9 heteroatoms. The Morgan fingerprint density at radius 2 is 1.78 bits per heavy atom. The van der Waals surface area contributed by atoms with Crippen molar-refractivity contribution in [3.8, 4) is 17.2 Å². The average Bonchev–Trinajstić information content (AvgIpc) is 2.57. The second-order valence-corrected chi connectivity index (χ2v) is 4.42. The molecule has 2 N–H and O–H groups in total. The molecule has 0 aliphatic carbocycles. The molecule has 0 saturated carbocycles. The van der Waals surface area contributed by atoms with E-state index in [-0.39, 0.29) is 17.2 Å². The maximum atomic E-state index is 11.4. The highest BCUT2D eigenvalue weighted by atomic mass is 16.5. The van der Waals surface area contributed by atoms with E-state index < -0.39 is 0 Å². The standard InChI is InChI=1S/C14H17N5O4/c1-8-13(20)16-14(19-17-8)18-15-7-9-5-10(21-2)12(23-4)11(6-9)22-3/h5-7H,1-4H3,(H2,16,18,19,20)/b15-7+. The van der Waals surface area contributed by atoms with Gasteiger partial charge in [-0.3, -0.25) is 9.78 Å². The number of aromatic nitrogens is 3. The van der Waals surface area contributed by atoms with Crippen LogP contribution >= 0.6 is 0 Å². The zero-order valence-electron chi connectivity index (χ0n) is 13.2. The van der Waals surface area contributed by atoms with Crippen LogP contribution in [0.25, 0.3) is 0 Å². The third-order valence-electron chi connectivity index (χ3n) is 2.93. The van der Waals surface area contributed by atoms with E-state index in [9.17, 15) is 4.79 Å². The molecule has 9 nitrogen and oxygen atoms in total. The summed E-state index contributed by atoms with van der Waals surface area (Å²) in [4.78, 5) is 13.9. The van der Waals surface area contributed by atoms with Crippen LogP contribution in [0.4, 0.5) is 5.95 Å². The Morgan fingerprint density at radius 1 is 1.13 bits per heavy atom. The summed E-state index contributed by atoms with van der Waals surface area (Å²) in [5.74, 6) is 1.66. The molecule has 0 fully saturated rings. The molecule has 23 heavy (non-hydrogen) atoms. The van der Waals surface area contributed by atoms with Crippen molar-refractivity contribution in [3.63, 3.8) is 0 Å². The zero-order chi connectivity index (χ0) is 16.8. The van der Waals surface area contributed by atoms with E-state index in [1.54, 1.807) is 19.1 Å². The van der Waals surface area contributed by atoms with E-state index >= 15 is 0 Å². The third-order valence-corrected chi connectivity index (χ3v) is 2.93. The van der Waals surface area contributed by atoms with Crippen LogP contribution in [0.2, 0.25) is 0 Å². The van der Waals surface area contributed by atoms with Gasteiger partial charge in [0.05, 0.1) is 27.5 Å². The van der Waals surface area contributed by atoms with Gasteiger partial charge in [0, 0.05) is 5.56 Å². The monoisotopic (exact) mass is 319 g/mol. The van der Waals surface area contributed by atoms with Crippen LogP contribution < -0.4 is 25.2 Å². The summed E-state index contributed by atoms with van der Waals surface area (Å²) in [6.07, 6.45) is 1.52. The fourth-order valence-electron chi connectivity index (χ4n) is 1.79. The Balaban J connectivity index is 2.21. The van der Waals surface area contributed by atoms with Crippen molar-refractivity contribution in [2.24, 2.45) is 5.10 Å². The minimum atomic E-state index is -0.328. The largest absolute Gasteiger partial charge is 0.493 e. The summed E-state index contributed by atoms with van der Waals surface area (Å²) in [7, 11) is 4.59. The van der Waals surface area contributed by atoms with E-state index in [4.69, 9.17) is 14.2 Å². The first kappa shape index (κ1) is 16.3. The molecular weight excluding hydrogens is 302 g/mol. The van der Waals surface area contributed by atoms with E-state index in [0.29, 0.717) is 22.8 Å². The van der Waals surface area contributed by atoms with E-state index in [1.165, 1.54) is 27.5 Å². The minimum Gasteiger partial charge on any atom is -0.493 e. The Bertz CT molecular complexity index is 747. The molecule has 2 aromatic rings. The van der Waals surface area contributed by atoms with Gasteiger partial charge in [0.1, 0.15) is 5.69 Å². The number of rotatable bonds is 6. The number of nitrogens with one attached hydrogen (secondary N) is 2. The van der Waals surface area contributed by atoms with Crippen molar-refractivity contribution in [3.05, 3.63) is 33.7 Å². The molecular formula is C14H17N5O4. The highest BCUT2D eigenvalue weighted by molar-refractivity contribution is 5.82. The molecule has 0 bridgehead atoms. The van der Waals surface area contributed by atoms with Crippen LogP contribution in [-0.4, -0.2) is 42.7 Å². The lowest BCUT2D eigenvalue weighted by molar-refractivity contribution is 0.324. The predicted octanol–water partition coefficient (Wildman–Crippen LogP) is 0.945. The van der Waals surface area contributed by atoms with Crippen molar-refractivity contribution >= 4 is 12.2 Å². The number of hydrogen-bond donors (Lipinski definition) is 2. The number of ether oxygens (including phenoxy) is 3. The summed E-state index contributed by atoms with van der Waals surface area (Å²) in [6.45, 7) is 1.56. The van der Waals surface area contributed by atoms with Gasteiger partial charge >= 0.3 is 0 Å². The van der Waals surface area contributed by atoms with Gasteiger partial charge in [-0.25, -0.2) is 5.43 Å². The summed E-state index contributed by atoms with van der Waals surface area (Å²) in [5.41, 5.74) is 3.25. The molecule has 0 aliphatic rings. The van der Waals surface area contributed by atoms with E-state index in [0.717, 1.165) is 0 Å². The zero-order valence-corrected chi connectivity index (χ0v) is 13.2. The van der Waals surface area contributed by atoms with Gasteiger partial charge in [0.25, 0.3) is 5.56 Å². The van der Waals surface area contributed by atoms with Crippen LogP contribution in [-0.2, 0) is 0 Å². The van der Waals surface area contributed by atoms with Crippen molar-refractivity contribution in [1.29, 1.82) is 0 Å². The summed E-state index contributed by atoms with van der Waals surface area (Å²) in [5, 5.41) is 11.4. The Hall–Kier alpha value is -3.10. The number of H-pyrrole nitrogens is 1. The fourth-order valence-corrected chi connectivity index (χ4v) is 1.79. The first-order valence-corrected chi connectivity index (χ1v) is 6.61. The van der Waals surface area contributed by atoms with Crippen molar-refractivity contribution < 1.29 is 14.2 Å². The number of hydrogen-bond acceptors (Lipinski definition) is 8. The summed E-state index contributed by atoms with van der Waals surface area (Å²) in [6, 6.07) is 3.46. The van der Waals surface area contributed by atoms with Gasteiger partial charge in [0.2, 0.25) is 11.7 Å². The molecule has 2 rings (SSSR count). The lowest BCUT2D eigenvalue weighted by atomic mass is 10.2. The number of aryl methyl sites for hydroxylation is 1. The first-order chi connectivity index (χ1) is 11.1. The van der Waals surface area contributed by atoms with Gasteiger partial charge in [-0.2, -0.15) is 5.10 Å². The first-order valence-electron chi connectivity index (χ1n) is 6.61. The molecule has 1 aromatic carbocycles. The van der Waals surface area contributed by atoms with E-state index in [2.05, 4.69) is 25.7 Å². The van der Waals surface area contributed by atoms with Crippen LogP contribution in [0.1, 0.15) is 11.3 Å². The predicted molar refractivity (Wildman–Crippen MR) is 84.7 cm³/mol. The maximum absolute atomic E-state index is 11.4. The molecule has 1 aromatic heterocycles. The molecule has 122 valence electrons. The van der Waals surface area contributed by atoms with Gasteiger partial charge in [-0.1, -0.05) is 0 Å². The summed E-state index contributed by atoms with van der Waals surface area (Å²) >= 11 is 0. The number of methoxy groups -OCH3 is 3. The average molecular weight is 319 g/mol. The molecule has 1 heterocycles. The molecule has 0 saturated heterocycles. The molecule has 0 spiro atoms. The van der Waals surface area contributed by atoms with Crippen LogP contribution in [0.5, 0.6) is 17.2 Å². The van der Waals surface area contributed by atoms with Gasteiger partial charge in [-0.15, -0.1) is 10.2 Å². The third kappa shape index (κ3) is 3.76. The second-order valence-electron chi connectivity index (χ2n) is 4.42. The number of nitrogens with zero attached hydrogens (tertiary/aromatic N) is 3. The molecule has 0 radical (unpaired) electrons. The maximum Gasteiger partial charge on any atom is 0.274 e. The molecule has 0 amide bonds. The van der Waals surface area contributed by atoms with Crippen molar-refractivity contribution in [1.82, 2.24) is 15.2 Å². The van der Waals surface area contributed by atoms with Gasteiger partial charge < -0.3 is 14.2 Å². The number of hydrazone groups is 1. The topological polar surface area (TPSA) is 111 Å². The van der Waals surface area contributed by atoms with Crippen molar-refractivity contribution in [2.45, 2.75) is 6.92 Å². The fraction of sp³-hybridized carbons (Fsp3) is 0.286. The van der Waals surface area contributed by atoms with Gasteiger partial charge in [0.15, 0.2) is 11.5 Å². The number of benzene rings is 1. The molecule has 0 aliphatic heterocycles. The second kappa shape index (κ2) is 7.25. The lowest BCUT2D eigenvalue weighted by Crippen LogP contribution is -2.15. The molecule has 0 unspecified atom stereocenters. The lowest BCUT2D eigenvalue weighted by Gasteiger charge is -2.12. The van der Waals surface area contributed by atoms with Crippen LogP contribution in [0.15, 0.2) is 22.0 Å². The number of anilines is 1. The normalized spacial score (nSPS) is 10.6. The molecule has 0 atom stereocenters.